The fourth-order valence-electron chi connectivity index (χ4n) is 1.42. The predicted molar refractivity (Wildman–Crippen MR) is 54.1 cm³/mol. The lowest BCUT2D eigenvalue weighted by Gasteiger charge is -2.08. The highest BCUT2D eigenvalue weighted by atomic mass is 16.6. The van der Waals surface area contributed by atoms with E-state index in [4.69, 9.17) is 4.74 Å². The molecule has 70 valence electrons. The van der Waals surface area contributed by atoms with Gasteiger partial charge in [-0.15, -0.1) is 0 Å². The Bertz CT molecular complexity index is 305. The van der Waals surface area contributed by atoms with Crippen molar-refractivity contribution < 1.29 is 4.74 Å². The van der Waals surface area contributed by atoms with Crippen LogP contribution in [0.5, 0.6) is 0 Å². The Morgan fingerprint density at radius 2 is 2.23 bits per heavy atom. The minimum atomic E-state index is 0.445. The third-order valence-corrected chi connectivity index (χ3v) is 2.30. The van der Waals surface area contributed by atoms with Gasteiger partial charge in [0.2, 0.25) is 0 Å². The third-order valence-electron chi connectivity index (χ3n) is 2.30. The van der Waals surface area contributed by atoms with Crippen molar-refractivity contribution in [1.29, 1.82) is 0 Å². The van der Waals surface area contributed by atoms with Gasteiger partial charge in [-0.1, -0.05) is 17.7 Å². The van der Waals surface area contributed by atoms with E-state index in [1.807, 2.05) is 0 Å². The average Bonchev–Trinajstić information content (AvgIpc) is 2.86. The van der Waals surface area contributed by atoms with Crippen LogP contribution < -0.4 is 5.32 Å². The molecule has 1 atom stereocenters. The first kappa shape index (κ1) is 8.57. The Morgan fingerprint density at radius 1 is 1.46 bits per heavy atom. The van der Waals surface area contributed by atoms with Gasteiger partial charge >= 0.3 is 0 Å². The molecule has 0 aromatic heterocycles. The summed E-state index contributed by atoms with van der Waals surface area (Å²) in [5.74, 6) is 0. The maximum Gasteiger partial charge on any atom is 0.0981 e. The maximum absolute atomic E-state index is 5.13. The zero-order chi connectivity index (χ0) is 9.26. The number of benzene rings is 1. The van der Waals surface area contributed by atoms with Gasteiger partial charge in [-0.25, -0.2) is 0 Å². The first-order valence-electron chi connectivity index (χ1n) is 4.68. The van der Waals surface area contributed by atoms with Gasteiger partial charge in [0.25, 0.3) is 0 Å². The Morgan fingerprint density at radius 3 is 2.85 bits per heavy atom. The van der Waals surface area contributed by atoms with Gasteiger partial charge in [-0.05, 0) is 25.5 Å². The van der Waals surface area contributed by atoms with Gasteiger partial charge in [-0.3, -0.25) is 0 Å². The third kappa shape index (κ3) is 2.22. The van der Waals surface area contributed by atoms with E-state index in [0.29, 0.717) is 6.10 Å². The molecule has 1 unspecified atom stereocenters. The van der Waals surface area contributed by atoms with Crippen LogP contribution in [-0.2, 0) is 4.74 Å². The molecule has 1 aliphatic rings. The second-order valence-electron chi connectivity index (χ2n) is 3.65. The molecule has 1 aliphatic heterocycles. The van der Waals surface area contributed by atoms with Gasteiger partial charge in [0.1, 0.15) is 0 Å². The van der Waals surface area contributed by atoms with Crippen LogP contribution in [0.1, 0.15) is 11.1 Å². The molecular formula is C11H15NO. The fourth-order valence-corrected chi connectivity index (χ4v) is 1.42. The van der Waals surface area contributed by atoms with E-state index >= 15 is 0 Å². The smallest absolute Gasteiger partial charge is 0.0981 e. The van der Waals surface area contributed by atoms with E-state index in [0.717, 1.165) is 13.2 Å². The number of aryl methyl sites for hydroxylation is 2. The zero-order valence-corrected chi connectivity index (χ0v) is 8.13. The van der Waals surface area contributed by atoms with E-state index in [1.165, 1.54) is 16.8 Å². The summed E-state index contributed by atoms with van der Waals surface area (Å²) >= 11 is 0. The highest BCUT2D eigenvalue weighted by Gasteiger charge is 2.21. The van der Waals surface area contributed by atoms with Crippen LogP contribution in [0.15, 0.2) is 18.2 Å². The SMILES string of the molecule is Cc1ccc(NCC2CO2)c(C)c1. The molecule has 2 rings (SSSR count). The summed E-state index contributed by atoms with van der Waals surface area (Å²) in [6, 6.07) is 6.45. The second kappa shape index (κ2) is 3.38. The standard InChI is InChI=1S/C11H15NO/c1-8-3-4-11(9(2)5-8)12-6-10-7-13-10/h3-5,10,12H,6-7H2,1-2H3. The molecule has 1 aromatic rings. The van der Waals surface area contributed by atoms with Crippen molar-refractivity contribution in [3.63, 3.8) is 0 Å². The number of nitrogens with one attached hydrogen (secondary N) is 1. The topological polar surface area (TPSA) is 24.6 Å². The summed E-state index contributed by atoms with van der Waals surface area (Å²) in [6.07, 6.45) is 0.445. The molecule has 0 bridgehead atoms. The van der Waals surface area contributed by atoms with Crippen LogP contribution in [0.25, 0.3) is 0 Å². The van der Waals surface area contributed by atoms with Crippen molar-refractivity contribution in [1.82, 2.24) is 0 Å². The molecule has 2 heteroatoms. The predicted octanol–water partition coefficient (Wildman–Crippen LogP) is 2.11. The minimum absolute atomic E-state index is 0.445. The number of ether oxygens (including phenoxy) is 1. The van der Waals surface area contributed by atoms with Crippen LogP contribution in [0, 0.1) is 13.8 Å². The van der Waals surface area contributed by atoms with Crippen molar-refractivity contribution in [3.8, 4) is 0 Å². The molecule has 2 nitrogen and oxygen atoms in total. The van der Waals surface area contributed by atoms with Gasteiger partial charge < -0.3 is 10.1 Å². The number of anilines is 1. The summed E-state index contributed by atoms with van der Waals surface area (Å²) in [4.78, 5) is 0. The Labute approximate surface area is 78.9 Å². The second-order valence-corrected chi connectivity index (χ2v) is 3.65. The monoisotopic (exact) mass is 177 g/mol. The Kier molecular flexibility index (Phi) is 2.23. The van der Waals surface area contributed by atoms with Crippen molar-refractivity contribution in [2.24, 2.45) is 0 Å². The lowest BCUT2D eigenvalue weighted by atomic mass is 10.1. The van der Waals surface area contributed by atoms with E-state index in [1.54, 1.807) is 0 Å². The Balaban J connectivity index is 2.01. The lowest BCUT2D eigenvalue weighted by molar-refractivity contribution is 0.416. The summed E-state index contributed by atoms with van der Waals surface area (Å²) in [5.41, 5.74) is 3.84. The average molecular weight is 177 g/mol. The van der Waals surface area contributed by atoms with Crippen LogP contribution in [0.4, 0.5) is 5.69 Å². The molecule has 13 heavy (non-hydrogen) atoms. The summed E-state index contributed by atoms with van der Waals surface area (Å²) in [6.45, 7) is 6.09. The van der Waals surface area contributed by atoms with Crippen LogP contribution in [0.2, 0.25) is 0 Å². The summed E-state index contributed by atoms with van der Waals surface area (Å²) < 4.78 is 5.13. The minimum Gasteiger partial charge on any atom is -0.382 e. The van der Waals surface area contributed by atoms with Crippen molar-refractivity contribution >= 4 is 5.69 Å². The molecule has 1 saturated heterocycles. The molecule has 0 saturated carbocycles. The molecule has 1 aromatic carbocycles. The van der Waals surface area contributed by atoms with E-state index in [2.05, 4.69) is 37.4 Å². The number of hydrogen-bond acceptors (Lipinski definition) is 2. The van der Waals surface area contributed by atoms with Gasteiger partial charge in [0, 0.05) is 12.2 Å². The summed E-state index contributed by atoms with van der Waals surface area (Å²) in [5, 5.41) is 3.38. The van der Waals surface area contributed by atoms with E-state index in [9.17, 15) is 0 Å². The molecule has 0 aliphatic carbocycles. The quantitative estimate of drug-likeness (QED) is 0.715. The number of hydrogen-bond donors (Lipinski definition) is 1. The zero-order valence-electron chi connectivity index (χ0n) is 8.13. The first-order chi connectivity index (χ1) is 6.25. The largest absolute Gasteiger partial charge is 0.382 e. The Hall–Kier alpha value is -1.02. The molecule has 1 heterocycles. The molecule has 1 N–H and O–H groups in total. The molecule has 0 spiro atoms. The molecule has 0 radical (unpaired) electrons. The molecular weight excluding hydrogens is 162 g/mol. The van der Waals surface area contributed by atoms with Crippen LogP contribution >= 0.6 is 0 Å². The number of epoxide rings is 1. The van der Waals surface area contributed by atoms with Crippen LogP contribution in [0.3, 0.4) is 0 Å². The van der Waals surface area contributed by atoms with E-state index < -0.39 is 0 Å². The van der Waals surface area contributed by atoms with Gasteiger partial charge in [-0.2, -0.15) is 0 Å². The molecule has 0 amide bonds. The fraction of sp³-hybridized carbons (Fsp3) is 0.455. The van der Waals surface area contributed by atoms with Gasteiger partial charge in [0.05, 0.1) is 12.7 Å². The normalized spacial score (nSPS) is 20.0. The van der Waals surface area contributed by atoms with Crippen LogP contribution in [-0.4, -0.2) is 19.3 Å². The van der Waals surface area contributed by atoms with Crippen molar-refractivity contribution in [3.05, 3.63) is 29.3 Å². The molecule has 1 fully saturated rings. The van der Waals surface area contributed by atoms with Crippen molar-refractivity contribution in [2.45, 2.75) is 20.0 Å². The lowest BCUT2D eigenvalue weighted by Crippen LogP contribution is -2.08. The number of rotatable bonds is 3. The summed E-state index contributed by atoms with van der Waals surface area (Å²) in [7, 11) is 0. The van der Waals surface area contributed by atoms with Crippen molar-refractivity contribution in [2.75, 3.05) is 18.5 Å². The van der Waals surface area contributed by atoms with Gasteiger partial charge in [0.15, 0.2) is 0 Å². The highest BCUT2D eigenvalue weighted by Crippen LogP contribution is 2.17. The highest BCUT2D eigenvalue weighted by molar-refractivity contribution is 5.52. The first-order valence-corrected chi connectivity index (χ1v) is 4.68. The maximum atomic E-state index is 5.13. The van der Waals surface area contributed by atoms with E-state index in [-0.39, 0.29) is 0 Å².